The molecule has 1 rings (SSSR count). The maximum atomic E-state index is 12.3. The number of nitrogens with zero attached hydrogens (tertiary/aromatic N) is 1. The van der Waals surface area contributed by atoms with Crippen LogP contribution in [0, 0.1) is 5.92 Å². The Morgan fingerprint density at radius 2 is 1.85 bits per heavy atom. The van der Waals surface area contributed by atoms with Crippen molar-refractivity contribution in [2.45, 2.75) is 39.7 Å². The number of hydrogen-bond donors (Lipinski definition) is 1. The maximum Gasteiger partial charge on any atom is 0.303 e. The molecule has 0 aliphatic heterocycles. The third kappa shape index (κ3) is 5.87. The van der Waals surface area contributed by atoms with Crippen molar-refractivity contribution in [2.75, 3.05) is 6.54 Å². The zero-order chi connectivity index (χ0) is 15.0. The largest absolute Gasteiger partial charge is 0.481 e. The van der Waals surface area contributed by atoms with Gasteiger partial charge in [-0.25, -0.2) is 0 Å². The van der Waals surface area contributed by atoms with Gasteiger partial charge in [0.15, 0.2) is 0 Å². The zero-order valence-electron chi connectivity index (χ0n) is 12.2. The molecule has 0 heterocycles. The summed E-state index contributed by atoms with van der Waals surface area (Å²) < 4.78 is 0. The summed E-state index contributed by atoms with van der Waals surface area (Å²) in [7, 11) is 0. The Hall–Kier alpha value is -1.84. The average Bonchev–Trinajstić information content (AvgIpc) is 2.38. The predicted molar refractivity (Wildman–Crippen MR) is 78.2 cm³/mol. The summed E-state index contributed by atoms with van der Waals surface area (Å²) in [5.74, 6) is -0.949. The summed E-state index contributed by atoms with van der Waals surface area (Å²) in [6.45, 7) is 5.13. The number of amides is 1. The minimum Gasteiger partial charge on any atom is -0.481 e. The van der Waals surface area contributed by atoms with Gasteiger partial charge < -0.3 is 10.0 Å². The molecule has 1 aromatic rings. The molecule has 0 aliphatic carbocycles. The number of carbonyl (C=O) groups is 2. The lowest BCUT2D eigenvalue weighted by Crippen LogP contribution is -2.32. The molecule has 1 aromatic carbocycles. The van der Waals surface area contributed by atoms with Gasteiger partial charge in [0.1, 0.15) is 0 Å². The fourth-order valence-corrected chi connectivity index (χ4v) is 2.16. The highest BCUT2D eigenvalue weighted by Crippen LogP contribution is 2.13. The standard InChI is InChI=1S/C16H23NO3/c1-3-9-17(12-14-7-5-4-6-8-14)15(18)10-13(2)11-16(19)20/h4-8,13H,3,9-12H2,1-2H3,(H,19,20). The molecule has 0 fully saturated rings. The van der Waals surface area contributed by atoms with Crippen LogP contribution in [0.25, 0.3) is 0 Å². The number of benzene rings is 1. The molecule has 0 saturated carbocycles. The number of hydrogen-bond acceptors (Lipinski definition) is 2. The summed E-state index contributed by atoms with van der Waals surface area (Å²) in [5, 5.41) is 8.75. The molecule has 0 aliphatic rings. The maximum absolute atomic E-state index is 12.3. The van der Waals surface area contributed by atoms with Gasteiger partial charge in [-0.2, -0.15) is 0 Å². The van der Waals surface area contributed by atoms with Crippen LogP contribution in [-0.4, -0.2) is 28.4 Å². The minimum atomic E-state index is -0.851. The molecule has 0 radical (unpaired) electrons. The summed E-state index contributed by atoms with van der Waals surface area (Å²) in [4.78, 5) is 24.7. The van der Waals surface area contributed by atoms with Gasteiger partial charge in [-0.1, -0.05) is 44.2 Å². The van der Waals surface area contributed by atoms with Gasteiger partial charge in [0.25, 0.3) is 0 Å². The highest BCUT2D eigenvalue weighted by atomic mass is 16.4. The summed E-state index contributed by atoms with van der Waals surface area (Å²) in [6, 6.07) is 9.85. The second-order valence-corrected chi connectivity index (χ2v) is 5.21. The molecule has 0 bridgehead atoms. The first-order valence-electron chi connectivity index (χ1n) is 7.06. The first kappa shape index (κ1) is 16.2. The Morgan fingerprint density at radius 1 is 1.20 bits per heavy atom. The van der Waals surface area contributed by atoms with E-state index in [-0.39, 0.29) is 18.2 Å². The lowest BCUT2D eigenvalue weighted by molar-refractivity contribution is -0.138. The third-order valence-corrected chi connectivity index (χ3v) is 3.11. The number of carboxylic acids is 1. The summed E-state index contributed by atoms with van der Waals surface area (Å²) >= 11 is 0. The molecule has 1 amide bonds. The molecule has 110 valence electrons. The van der Waals surface area contributed by atoms with E-state index in [1.54, 1.807) is 6.92 Å². The van der Waals surface area contributed by atoms with E-state index >= 15 is 0 Å². The van der Waals surface area contributed by atoms with Gasteiger partial charge in [0.2, 0.25) is 5.91 Å². The van der Waals surface area contributed by atoms with E-state index in [1.165, 1.54) is 0 Å². The van der Waals surface area contributed by atoms with Gasteiger partial charge in [-0.05, 0) is 17.9 Å². The van der Waals surface area contributed by atoms with Crippen molar-refractivity contribution in [3.8, 4) is 0 Å². The molecule has 1 N–H and O–H groups in total. The normalized spacial score (nSPS) is 11.9. The van der Waals surface area contributed by atoms with Crippen molar-refractivity contribution in [1.29, 1.82) is 0 Å². The van der Waals surface area contributed by atoms with E-state index in [9.17, 15) is 9.59 Å². The first-order chi connectivity index (χ1) is 9.52. The Bertz CT molecular complexity index is 431. The van der Waals surface area contributed by atoms with E-state index in [0.29, 0.717) is 19.5 Å². The number of aliphatic carboxylic acids is 1. The lowest BCUT2D eigenvalue weighted by Gasteiger charge is -2.23. The van der Waals surface area contributed by atoms with Gasteiger partial charge in [-0.15, -0.1) is 0 Å². The number of carbonyl (C=O) groups excluding carboxylic acids is 1. The van der Waals surface area contributed by atoms with E-state index < -0.39 is 5.97 Å². The van der Waals surface area contributed by atoms with Gasteiger partial charge >= 0.3 is 5.97 Å². The van der Waals surface area contributed by atoms with E-state index in [1.807, 2.05) is 42.2 Å². The van der Waals surface area contributed by atoms with Crippen LogP contribution in [0.15, 0.2) is 30.3 Å². The average molecular weight is 277 g/mol. The van der Waals surface area contributed by atoms with Crippen LogP contribution < -0.4 is 0 Å². The van der Waals surface area contributed by atoms with Crippen molar-refractivity contribution < 1.29 is 14.7 Å². The molecule has 1 atom stereocenters. The van der Waals surface area contributed by atoms with Crippen LogP contribution in [0.2, 0.25) is 0 Å². The van der Waals surface area contributed by atoms with E-state index in [4.69, 9.17) is 5.11 Å². The molecule has 0 saturated heterocycles. The quantitative estimate of drug-likeness (QED) is 0.795. The first-order valence-corrected chi connectivity index (χ1v) is 7.06. The van der Waals surface area contributed by atoms with Crippen molar-refractivity contribution in [3.63, 3.8) is 0 Å². The van der Waals surface area contributed by atoms with Crippen LogP contribution in [-0.2, 0) is 16.1 Å². The Morgan fingerprint density at radius 3 is 2.40 bits per heavy atom. The van der Waals surface area contributed by atoms with Gasteiger partial charge in [-0.3, -0.25) is 9.59 Å². The van der Waals surface area contributed by atoms with E-state index in [2.05, 4.69) is 0 Å². The fraction of sp³-hybridized carbons (Fsp3) is 0.500. The number of rotatable bonds is 8. The molecule has 1 unspecified atom stereocenters. The summed E-state index contributed by atoms with van der Waals surface area (Å²) in [6.07, 6.45) is 1.22. The van der Waals surface area contributed by atoms with Crippen LogP contribution in [0.1, 0.15) is 38.7 Å². The van der Waals surface area contributed by atoms with Crippen LogP contribution >= 0.6 is 0 Å². The van der Waals surface area contributed by atoms with Crippen molar-refractivity contribution in [3.05, 3.63) is 35.9 Å². The Labute approximate surface area is 120 Å². The third-order valence-electron chi connectivity index (χ3n) is 3.11. The monoisotopic (exact) mass is 277 g/mol. The van der Waals surface area contributed by atoms with Crippen LogP contribution in [0.3, 0.4) is 0 Å². The Kier molecular flexibility index (Phi) is 6.77. The van der Waals surface area contributed by atoms with Crippen molar-refractivity contribution >= 4 is 11.9 Å². The van der Waals surface area contributed by atoms with Crippen LogP contribution in [0.5, 0.6) is 0 Å². The highest BCUT2D eigenvalue weighted by Gasteiger charge is 2.18. The molecular formula is C16H23NO3. The van der Waals surface area contributed by atoms with Crippen molar-refractivity contribution in [1.82, 2.24) is 4.90 Å². The topological polar surface area (TPSA) is 57.6 Å². The smallest absolute Gasteiger partial charge is 0.303 e. The number of carboxylic acid groups (broad SMARTS) is 1. The molecule has 0 aromatic heterocycles. The molecule has 4 nitrogen and oxygen atoms in total. The summed E-state index contributed by atoms with van der Waals surface area (Å²) in [5.41, 5.74) is 1.10. The lowest BCUT2D eigenvalue weighted by atomic mass is 10.0. The van der Waals surface area contributed by atoms with Gasteiger partial charge in [0.05, 0.1) is 0 Å². The molecule has 4 heteroatoms. The van der Waals surface area contributed by atoms with Crippen molar-refractivity contribution in [2.24, 2.45) is 5.92 Å². The highest BCUT2D eigenvalue weighted by molar-refractivity contribution is 5.77. The van der Waals surface area contributed by atoms with E-state index in [0.717, 1.165) is 12.0 Å². The van der Waals surface area contributed by atoms with Gasteiger partial charge in [0, 0.05) is 25.9 Å². The minimum absolute atomic E-state index is 0.0319. The zero-order valence-corrected chi connectivity index (χ0v) is 12.2. The molecule has 20 heavy (non-hydrogen) atoms. The predicted octanol–water partition coefficient (Wildman–Crippen LogP) is 2.93. The molecule has 0 spiro atoms. The Balaban J connectivity index is 2.60. The molecular weight excluding hydrogens is 254 g/mol. The second kappa shape index (κ2) is 8.35. The fourth-order valence-electron chi connectivity index (χ4n) is 2.16. The second-order valence-electron chi connectivity index (χ2n) is 5.21. The van der Waals surface area contributed by atoms with Crippen LogP contribution in [0.4, 0.5) is 0 Å². The SMILES string of the molecule is CCCN(Cc1ccccc1)C(=O)CC(C)CC(=O)O.